The van der Waals surface area contributed by atoms with Crippen LogP contribution in [0.2, 0.25) is 0 Å². The van der Waals surface area contributed by atoms with Crippen molar-refractivity contribution in [3.05, 3.63) is 35.7 Å². The first kappa shape index (κ1) is 22.5. The van der Waals surface area contributed by atoms with Crippen LogP contribution in [-0.2, 0) is 44.1 Å². The molecule has 0 aromatic carbocycles. The molecule has 168 valence electrons. The Kier molecular flexibility index (Phi) is 7.45. The predicted molar refractivity (Wildman–Crippen MR) is 110 cm³/mol. The van der Waals surface area contributed by atoms with Gasteiger partial charge in [0.15, 0.2) is 0 Å². The third-order valence-corrected chi connectivity index (χ3v) is 4.32. The number of rotatable bonds is 12. The standard InChI is InChI=1S/C19H30N10O2/c1-14(2)5-27-10-16(20-23-27)7-26(8-17-11-28(24-21-17)6-15(3)4)9-18-12-29(25-22-18)13-19(30)31/h10-12,14-15H,5-9,13H2,1-4H3,(H,30,31). The molecule has 31 heavy (non-hydrogen) atoms. The molecule has 0 radical (unpaired) electrons. The van der Waals surface area contributed by atoms with E-state index >= 15 is 0 Å². The molecule has 3 aromatic heterocycles. The Morgan fingerprint density at radius 1 is 0.806 bits per heavy atom. The first-order valence-electron chi connectivity index (χ1n) is 10.4. The van der Waals surface area contributed by atoms with E-state index in [2.05, 4.69) is 63.5 Å². The van der Waals surface area contributed by atoms with Crippen LogP contribution in [0.5, 0.6) is 0 Å². The van der Waals surface area contributed by atoms with E-state index in [9.17, 15) is 4.79 Å². The molecule has 0 aliphatic heterocycles. The van der Waals surface area contributed by atoms with Crippen LogP contribution in [0.4, 0.5) is 0 Å². The minimum absolute atomic E-state index is 0.222. The van der Waals surface area contributed by atoms with Gasteiger partial charge >= 0.3 is 5.97 Å². The summed E-state index contributed by atoms with van der Waals surface area (Å²) < 4.78 is 5.01. The SMILES string of the molecule is CC(C)Cn1cc(CN(Cc2cn(CC(=O)O)nn2)Cc2cn(CC(C)C)nn2)nn1. The van der Waals surface area contributed by atoms with Crippen LogP contribution in [0.25, 0.3) is 0 Å². The van der Waals surface area contributed by atoms with Gasteiger partial charge in [-0.3, -0.25) is 19.1 Å². The van der Waals surface area contributed by atoms with Gasteiger partial charge in [0.05, 0.1) is 23.3 Å². The van der Waals surface area contributed by atoms with Crippen molar-refractivity contribution in [2.24, 2.45) is 11.8 Å². The van der Waals surface area contributed by atoms with Gasteiger partial charge in [-0.25, -0.2) is 4.68 Å². The molecule has 0 aliphatic carbocycles. The lowest BCUT2D eigenvalue weighted by molar-refractivity contribution is -0.137. The van der Waals surface area contributed by atoms with Crippen molar-refractivity contribution in [1.29, 1.82) is 0 Å². The van der Waals surface area contributed by atoms with Gasteiger partial charge in [-0.15, -0.1) is 15.3 Å². The van der Waals surface area contributed by atoms with Gasteiger partial charge in [-0.1, -0.05) is 43.3 Å². The van der Waals surface area contributed by atoms with E-state index in [0.717, 1.165) is 24.5 Å². The lowest BCUT2D eigenvalue weighted by Crippen LogP contribution is -2.23. The predicted octanol–water partition coefficient (Wildman–Crippen LogP) is 1.06. The highest BCUT2D eigenvalue weighted by Gasteiger charge is 2.16. The number of nitrogens with zero attached hydrogens (tertiary/aromatic N) is 10. The second-order valence-electron chi connectivity index (χ2n) is 8.60. The molecule has 3 aromatic rings. The lowest BCUT2D eigenvalue weighted by Gasteiger charge is -2.18. The summed E-state index contributed by atoms with van der Waals surface area (Å²) in [6.45, 7) is 11.5. The molecule has 12 heteroatoms. The third-order valence-electron chi connectivity index (χ3n) is 4.32. The van der Waals surface area contributed by atoms with E-state index in [4.69, 9.17) is 5.11 Å². The van der Waals surface area contributed by atoms with Crippen molar-refractivity contribution in [2.75, 3.05) is 0 Å². The first-order chi connectivity index (χ1) is 14.8. The Balaban J connectivity index is 1.72. The molecule has 0 atom stereocenters. The van der Waals surface area contributed by atoms with Crippen LogP contribution < -0.4 is 0 Å². The van der Waals surface area contributed by atoms with Crippen LogP contribution in [-0.4, -0.2) is 61.0 Å². The summed E-state index contributed by atoms with van der Waals surface area (Å²) in [6, 6.07) is 0. The molecule has 0 spiro atoms. The highest BCUT2D eigenvalue weighted by molar-refractivity contribution is 5.66. The highest BCUT2D eigenvalue weighted by atomic mass is 16.4. The minimum Gasteiger partial charge on any atom is -0.480 e. The van der Waals surface area contributed by atoms with Gasteiger partial charge in [0, 0.05) is 45.1 Å². The Morgan fingerprint density at radius 3 is 1.58 bits per heavy atom. The topological polar surface area (TPSA) is 133 Å². The molecule has 1 N–H and O–H groups in total. The number of aromatic nitrogens is 9. The number of carboxylic acids is 1. The van der Waals surface area contributed by atoms with Crippen molar-refractivity contribution in [2.45, 2.75) is 67.0 Å². The number of aliphatic carboxylic acids is 1. The number of carbonyl (C=O) groups is 1. The van der Waals surface area contributed by atoms with Gasteiger partial charge in [-0.05, 0) is 11.8 Å². The molecule has 0 aliphatic rings. The maximum Gasteiger partial charge on any atom is 0.325 e. The maximum atomic E-state index is 10.9. The zero-order chi connectivity index (χ0) is 22.4. The smallest absolute Gasteiger partial charge is 0.325 e. The van der Waals surface area contributed by atoms with Crippen molar-refractivity contribution < 1.29 is 9.90 Å². The van der Waals surface area contributed by atoms with Crippen LogP contribution in [0, 0.1) is 11.8 Å². The van der Waals surface area contributed by atoms with Gasteiger partial charge < -0.3 is 5.11 Å². The number of hydrogen-bond acceptors (Lipinski definition) is 8. The van der Waals surface area contributed by atoms with E-state index in [1.165, 1.54) is 4.68 Å². The van der Waals surface area contributed by atoms with Gasteiger partial charge in [0.2, 0.25) is 0 Å². The monoisotopic (exact) mass is 430 g/mol. The molecule has 0 saturated heterocycles. The summed E-state index contributed by atoms with van der Waals surface area (Å²) in [4.78, 5) is 13.0. The fourth-order valence-electron chi connectivity index (χ4n) is 3.23. The third kappa shape index (κ3) is 7.24. The molecule has 0 saturated carbocycles. The van der Waals surface area contributed by atoms with Gasteiger partial charge in [0.1, 0.15) is 6.54 Å². The fourth-order valence-corrected chi connectivity index (χ4v) is 3.23. The van der Waals surface area contributed by atoms with Crippen molar-refractivity contribution in [3.8, 4) is 0 Å². The molecule has 0 unspecified atom stereocenters. The summed E-state index contributed by atoms with van der Waals surface area (Å²) in [5.74, 6) is -0.00585. The lowest BCUT2D eigenvalue weighted by atomic mass is 10.2. The molecule has 0 bridgehead atoms. The Hall–Kier alpha value is -3.15. The second kappa shape index (κ2) is 10.2. The summed E-state index contributed by atoms with van der Waals surface area (Å²) >= 11 is 0. The quantitative estimate of drug-likeness (QED) is 0.448. The van der Waals surface area contributed by atoms with Gasteiger partial charge in [0.25, 0.3) is 0 Å². The van der Waals surface area contributed by atoms with Crippen LogP contribution in [0.15, 0.2) is 18.6 Å². The Morgan fingerprint density at radius 2 is 1.19 bits per heavy atom. The highest BCUT2D eigenvalue weighted by Crippen LogP contribution is 2.11. The fraction of sp³-hybridized carbons (Fsp3) is 0.632. The Labute approximate surface area is 180 Å². The molecule has 12 nitrogen and oxygen atoms in total. The van der Waals surface area contributed by atoms with Crippen molar-refractivity contribution in [1.82, 2.24) is 49.9 Å². The largest absolute Gasteiger partial charge is 0.480 e. The summed E-state index contributed by atoms with van der Waals surface area (Å²) in [6.07, 6.45) is 5.54. The average molecular weight is 431 g/mol. The van der Waals surface area contributed by atoms with E-state index in [0.29, 0.717) is 37.2 Å². The zero-order valence-electron chi connectivity index (χ0n) is 18.5. The molecule has 3 rings (SSSR count). The minimum atomic E-state index is -0.961. The number of hydrogen-bond donors (Lipinski definition) is 1. The average Bonchev–Trinajstić information content (AvgIpc) is 3.37. The van der Waals surface area contributed by atoms with Crippen molar-refractivity contribution >= 4 is 5.97 Å². The van der Waals surface area contributed by atoms with Crippen LogP contribution in [0.1, 0.15) is 44.8 Å². The maximum absolute atomic E-state index is 10.9. The first-order valence-corrected chi connectivity index (χ1v) is 10.4. The normalized spacial score (nSPS) is 11.8. The van der Waals surface area contributed by atoms with E-state index in [1.807, 2.05) is 21.8 Å². The van der Waals surface area contributed by atoms with Crippen LogP contribution >= 0.6 is 0 Å². The summed E-state index contributed by atoms with van der Waals surface area (Å²) in [5, 5.41) is 33.9. The van der Waals surface area contributed by atoms with Gasteiger partial charge in [-0.2, -0.15) is 0 Å². The molecular formula is C19H30N10O2. The summed E-state index contributed by atoms with van der Waals surface area (Å²) in [7, 11) is 0. The summed E-state index contributed by atoms with van der Waals surface area (Å²) in [5.41, 5.74) is 2.35. The Bertz CT molecular complexity index is 924. The molecular weight excluding hydrogens is 400 g/mol. The van der Waals surface area contributed by atoms with E-state index in [-0.39, 0.29) is 6.54 Å². The number of carboxylic acid groups (broad SMARTS) is 1. The molecule has 0 fully saturated rings. The second-order valence-corrected chi connectivity index (χ2v) is 8.60. The zero-order valence-corrected chi connectivity index (χ0v) is 18.5. The van der Waals surface area contributed by atoms with E-state index < -0.39 is 5.97 Å². The van der Waals surface area contributed by atoms with Crippen molar-refractivity contribution in [3.63, 3.8) is 0 Å². The molecule has 0 amide bonds. The van der Waals surface area contributed by atoms with E-state index in [1.54, 1.807) is 6.20 Å². The van der Waals surface area contributed by atoms with Crippen LogP contribution in [0.3, 0.4) is 0 Å². The molecule has 3 heterocycles.